The first kappa shape index (κ1) is 21.5. The predicted octanol–water partition coefficient (Wildman–Crippen LogP) is 4.91. The number of nitrogens with one attached hydrogen (secondary N) is 2. The van der Waals surface area contributed by atoms with Gasteiger partial charge in [0, 0.05) is 29.4 Å². The summed E-state index contributed by atoms with van der Waals surface area (Å²) < 4.78 is 5.13. The SMILES string of the molecule is Cc1noc(C)c1C(=O)Nc1sc(C)c(-c2ccccc2)c1C(=O)NCc1cccnc1. The summed E-state index contributed by atoms with van der Waals surface area (Å²) in [5.74, 6) is -0.200. The molecule has 3 heterocycles. The van der Waals surface area contributed by atoms with Crippen LogP contribution in [0.3, 0.4) is 0 Å². The highest BCUT2D eigenvalue weighted by Gasteiger charge is 2.26. The Morgan fingerprint density at radius 1 is 1.00 bits per heavy atom. The number of carbonyl (C=O) groups excluding carboxylic acids is 2. The van der Waals surface area contributed by atoms with Crippen LogP contribution in [0.1, 0.15) is 42.6 Å². The van der Waals surface area contributed by atoms with Crippen LogP contribution >= 0.6 is 11.3 Å². The minimum Gasteiger partial charge on any atom is -0.361 e. The van der Waals surface area contributed by atoms with E-state index in [-0.39, 0.29) is 11.8 Å². The van der Waals surface area contributed by atoms with Crippen LogP contribution in [-0.2, 0) is 6.54 Å². The maximum atomic E-state index is 13.3. The number of aryl methyl sites for hydroxylation is 3. The molecule has 7 nitrogen and oxygen atoms in total. The van der Waals surface area contributed by atoms with Gasteiger partial charge in [-0.1, -0.05) is 41.6 Å². The zero-order valence-electron chi connectivity index (χ0n) is 17.9. The zero-order chi connectivity index (χ0) is 22.7. The Bertz CT molecular complexity index is 1240. The topological polar surface area (TPSA) is 97.1 Å². The van der Waals surface area contributed by atoms with Gasteiger partial charge in [-0.15, -0.1) is 11.3 Å². The fraction of sp³-hybridized carbons (Fsp3) is 0.167. The Morgan fingerprint density at radius 3 is 2.44 bits per heavy atom. The van der Waals surface area contributed by atoms with E-state index in [1.54, 1.807) is 26.2 Å². The van der Waals surface area contributed by atoms with Crippen LogP contribution in [0.4, 0.5) is 5.00 Å². The van der Waals surface area contributed by atoms with Crippen molar-refractivity contribution in [3.8, 4) is 11.1 Å². The molecular weight excluding hydrogens is 424 g/mol. The van der Waals surface area contributed by atoms with Gasteiger partial charge in [-0.05, 0) is 38.0 Å². The van der Waals surface area contributed by atoms with Crippen molar-refractivity contribution in [2.24, 2.45) is 0 Å². The molecule has 32 heavy (non-hydrogen) atoms. The number of nitrogens with zero attached hydrogens (tertiary/aromatic N) is 2. The third-order valence-electron chi connectivity index (χ3n) is 5.04. The van der Waals surface area contributed by atoms with E-state index in [1.165, 1.54) is 11.3 Å². The number of anilines is 1. The lowest BCUT2D eigenvalue weighted by Gasteiger charge is -2.11. The van der Waals surface area contributed by atoms with Crippen LogP contribution < -0.4 is 10.6 Å². The van der Waals surface area contributed by atoms with Gasteiger partial charge in [0.1, 0.15) is 16.3 Å². The van der Waals surface area contributed by atoms with E-state index >= 15 is 0 Å². The average molecular weight is 447 g/mol. The van der Waals surface area contributed by atoms with Crippen molar-refractivity contribution >= 4 is 28.2 Å². The largest absolute Gasteiger partial charge is 0.361 e. The van der Waals surface area contributed by atoms with E-state index in [9.17, 15) is 9.59 Å². The molecule has 0 bridgehead atoms. The molecule has 0 fully saturated rings. The predicted molar refractivity (Wildman–Crippen MR) is 124 cm³/mol. The number of aromatic nitrogens is 2. The Balaban J connectivity index is 1.71. The van der Waals surface area contributed by atoms with Crippen molar-refractivity contribution in [3.05, 3.63) is 87.9 Å². The molecule has 8 heteroatoms. The normalized spacial score (nSPS) is 10.7. The summed E-state index contributed by atoms with van der Waals surface area (Å²) in [4.78, 5) is 31.3. The first-order valence-electron chi connectivity index (χ1n) is 10.1. The third kappa shape index (κ3) is 4.31. The fourth-order valence-electron chi connectivity index (χ4n) is 3.55. The average Bonchev–Trinajstić information content (AvgIpc) is 3.31. The molecular formula is C24H22N4O3S. The molecule has 0 saturated carbocycles. The van der Waals surface area contributed by atoms with Crippen LogP contribution in [0.15, 0.2) is 59.4 Å². The highest BCUT2D eigenvalue weighted by atomic mass is 32.1. The number of benzene rings is 1. The molecule has 0 saturated heterocycles. The van der Waals surface area contributed by atoms with Gasteiger partial charge in [-0.3, -0.25) is 14.6 Å². The summed E-state index contributed by atoms with van der Waals surface area (Å²) >= 11 is 1.37. The van der Waals surface area contributed by atoms with E-state index in [0.29, 0.717) is 34.1 Å². The number of thiophene rings is 1. The monoisotopic (exact) mass is 446 g/mol. The summed E-state index contributed by atoms with van der Waals surface area (Å²) in [6.07, 6.45) is 3.39. The van der Waals surface area contributed by atoms with Gasteiger partial charge in [0.25, 0.3) is 11.8 Å². The minimum absolute atomic E-state index is 0.272. The van der Waals surface area contributed by atoms with E-state index in [2.05, 4.69) is 20.8 Å². The number of amides is 2. The summed E-state index contributed by atoms with van der Waals surface area (Å²) in [5, 5.41) is 10.2. The molecule has 4 rings (SSSR count). The Kier molecular flexibility index (Phi) is 6.13. The van der Waals surface area contributed by atoms with Crippen LogP contribution in [0.2, 0.25) is 0 Å². The molecule has 0 atom stereocenters. The lowest BCUT2D eigenvalue weighted by Crippen LogP contribution is -2.25. The second kappa shape index (κ2) is 9.15. The molecule has 162 valence electrons. The van der Waals surface area contributed by atoms with Crippen molar-refractivity contribution in [3.63, 3.8) is 0 Å². The van der Waals surface area contributed by atoms with Gasteiger partial charge in [0.15, 0.2) is 0 Å². The number of pyridine rings is 1. The number of hydrogen-bond acceptors (Lipinski definition) is 6. The summed E-state index contributed by atoms with van der Waals surface area (Å²) in [6, 6.07) is 13.4. The van der Waals surface area contributed by atoms with Crippen molar-refractivity contribution in [2.45, 2.75) is 27.3 Å². The van der Waals surface area contributed by atoms with E-state index < -0.39 is 0 Å². The summed E-state index contributed by atoms with van der Waals surface area (Å²) in [6.45, 7) is 5.66. The molecule has 0 radical (unpaired) electrons. The Labute approximate surface area is 189 Å². The van der Waals surface area contributed by atoms with Gasteiger partial charge in [0.05, 0.1) is 11.3 Å². The first-order valence-corrected chi connectivity index (χ1v) is 10.9. The quantitative estimate of drug-likeness (QED) is 0.439. The fourth-order valence-corrected chi connectivity index (χ4v) is 4.62. The lowest BCUT2D eigenvalue weighted by atomic mass is 10.0. The Hall–Kier alpha value is -3.78. The van der Waals surface area contributed by atoms with E-state index in [1.807, 2.05) is 49.4 Å². The van der Waals surface area contributed by atoms with Gasteiger partial charge < -0.3 is 15.2 Å². The molecule has 0 aliphatic carbocycles. The molecule has 2 amide bonds. The highest BCUT2D eigenvalue weighted by Crippen LogP contribution is 2.40. The molecule has 4 aromatic rings. The Morgan fingerprint density at radius 2 is 1.78 bits per heavy atom. The van der Waals surface area contributed by atoms with Crippen LogP contribution in [0, 0.1) is 20.8 Å². The van der Waals surface area contributed by atoms with Gasteiger partial charge in [0.2, 0.25) is 0 Å². The van der Waals surface area contributed by atoms with Crippen molar-refractivity contribution < 1.29 is 14.1 Å². The van der Waals surface area contributed by atoms with Crippen molar-refractivity contribution in [1.29, 1.82) is 0 Å². The van der Waals surface area contributed by atoms with E-state index in [4.69, 9.17) is 4.52 Å². The van der Waals surface area contributed by atoms with E-state index in [0.717, 1.165) is 21.6 Å². The summed E-state index contributed by atoms with van der Waals surface area (Å²) in [7, 11) is 0. The molecule has 3 aromatic heterocycles. The zero-order valence-corrected chi connectivity index (χ0v) is 18.7. The van der Waals surface area contributed by atoms with Gasteiger partial charge in [-0.2, -0.15) is 0 Å². The lowest BCUT2D eigenvalue weighted by molar-refractivity contribution is 0.0952. The van der Waals surface area contributed by atoms with Gasteiger partial charge >= 0.3 is 0 Å². The van der Waals surface area contributed by atoms with Crippen molar-refractivity contribution in [1.82, 2.24) is 15.5 Å². The van der Waals surface area contributed by atoms with Gasteiger partial charge in [-0.25, -0.2) is 0 Å². The molecule has 2 N–H and O–H groups in total. The van der Waals surface area contributed by atoms with Crippen LogP contribution in [-0.4, -0.2) is 22.0 Å². The molecule has 0 unspecified atom stereocenters. The number of hydrogen-bond donors (Lipinski definition) is 2. The molecule has 0 aliphatic rings. The number of rotatable bonds is 6. The molecule has 0 aliphatic heterocycles. The second-order valence-corrected chi connectivity index (χ2v) is 8.53. The van der Waals surface area contributed by atoms with Crippen LogP contribution in [0.5, 0.6) is 0 Å². The van der Waals surface area contributed by atoms with Crippen molar-refractivity contribution in [2.75, 3.05) is 5.32 Å². The van der Waals surface area contributed by atoms with Crippen LogP contribution in [0.25, 0.3) is 11.1 Å². The summed E-state index contributed by atoms with van der Waals surface area (Å²) in [5.41, 5.74) is 3.90. The molecule has 0 spiro atoms. The second-order valence-electron chi connectivity index (χ2n) is 7.30. The maximum Gasteiger partial charge on any atom is 0.261 e. The maximum absolute atomic E-state index is 13.3. The minimum atomic E-state index is -0.358. The highest BCUT2D eigenvalue weighted by molar-refractivity contribution is 7.17. The first-order chi connectivity index (χ1) is 15.5. The number of carbonyl (C=O) groups is 2. The third-order valence-corrected chi connectivity index (χ3v) is 6.06. The molecule has 1 aromatic carbocycles. The standard InChI is InChI=1S/C24H22N4O3S/c1-14-19(15(2)31-28-14)23(30)27-24-21(22(29)26-13-17-8-7-11-25-12-17)20(16(3)32-24)18-9-5-4-6-10-18/h4-12H,13H2,1-3H3,(H,26,29)(H,27,30). The smallest absolute Gasteiger partial charge is 0.261 e.